The number of piperidine rings is 1. The van der Waals surface area contributed by atoms with Gasteiger partial charge in [0.25, 0.3) is 0 Å². The van der Waals surface area contributed by atoms with Crippen molar-refractivity contribution in [1.29, 1.82) is 0 Å². The van der Waals surface area contributed by atoms with Gasteiger partial charge in [0.1, 0.15) is 17.6 Å². The minimum Gasteiger partial charge on any atom is -0.491 e. The quantitative estimate of drug-likeness (QED) is 0.380. The van der Waals surface area contributed by atoms with E-state index in [1.807, 2.05) is 39.0 Å². The maximum Gasteiger partial charge on any atom is 0.330 e. The summed E-state index contributed by atoms with van der Waals surface area (Å²) >= 11 is 0. The minimum absolute atomic E-state index is 0.0242. The van der Waals surface area contributed by atoms with E-state index in [2.05, 4.69) is 0 Å². The van der Waals surface area contributed by atoms with Crippen LogP contribution in [0.1, 0.15) is 44.7 Å². The van der Waals surface area contributed by atoms with E-state index in [1.54, 1.807) is 37.3 Å². The van der Waals surface area contributed by atoms with Gasteiger partial charge in [-0.15, -0.1) is 0 Å². The average molecular weight is 488 g/mol. The van der Waals surface area contributed by atoms with Crippen molar-refractivity contribution in [3.63, 3.8) is 0 Å². The third kappa shape index (κ3) is 6.84. The van der Waals surface area contributed by atoms with Gasteiger partial charge in [-0.25, -0.2) is 13.2 Å². The topological polar surface area (TPSA) is 82.1 Å². The van der Waals surface area contributed by atoms with Crippen molar-refractivity contribution in [1.82, 2.24) is 4.31 Å². The Bertz CT molecular complexity index is 1100. The lowest BCUT2D eigenvalue weighted by molar-refractivity contribution is -0.137. The molecule has 34 heavy (non-hydrogen) atoms. The van der Waals surface area contributed by atoms with E-state index in [-0.39, 0.29) is 17.1 Å². The number of rotatable bonds is 9. The molecular formula is C26H33NO6S. The fourth-order valence-electron chi connectivity index (χ4n) is 3.73. The summed E-state index contributed by atoms with van der Waals surface area (Å²) in [4.78, 5) is 12.0. The third-order valence-electron chi connectivity index (χ3n) is 5.38. The van der Waals surface area contributed by atoms with Gasteiger partial charge in [-0.2, -0.15) is 4.31 Å². The van der Waals surface area contributed by atoms with Crippen LogP contribution in [0.25, 0.3) is 6.08 Å². The summed E-state index contributed by atoms with van der Waals surface area (Å²) in [6.07, 6.45) is 4.12. The number of ether oxygens (including phenoxy) is 3. The highest BCUT2D eigenvalue weighted by atomic mass is 32.2. The lowest BCUT2D eigenvalue weighted by atomic mass is 10.1. The Kier molecular flexibility index (Phi) is 8.74. The van der Waals surface area contributed by atoms with Gasteiger partial charge in [0, 0.05) is 24.7 Å². The van der Waals surface area contributed by atoms with E-state index in [1.165, 1.54) is 10.4 Å². The molecule has 184 valence electrons. The van der Waals surface area contributed by atoms with Crippen molar-refractivity contribution in [2.24, 2.45) is 0 Å². The number of hydrogen-bond acceptors (Lipinski definition) is 6. The Labute approximate surface area is 202 Å². The van der Waals surface area contributed by atoms with Crippen LogP contribution in [0.15, 0.2) is 53.4 Å². The first kappa shape index (κ1) is 25.8. The van der Waals surface area contributed by atoms with Gasteiger partial charge < -0.3 is 14.2 Å². The molecule has 0 spiro atoms. The van der Waals surface area contributed by atoms with Crippen molar-refractivity contribution in [3.8, 4) is 11.5 Å². The predicted octanol–water partition coefficient (Wildman–Crippen LogP) is 4.59. The van der Waals surface area contributed by atoms with Crippen LogP contribution in [0.4, 0.5) is 0 Å². The van der Waals surface area contributed by atoms with Crippen LogP contribution in [0.3, 0.4) is 0 Å². The van der Waals surface area contributed by atoms with Crippen LogP contribution in [0.5, 0.6) is 11.5 Å². The van der Waals surface area contributed by atoms with Gasteiger partial charge in [0.05, 0.1) is 17.6 Å². The molecule has 0 N–H and O–H groups in total. The Morgan fingerprint density at radius 1 is 1.12 bits per heavy atom. The van der Waals surface area contributed by atoms with E-state index in [4.69, 9.17) is 14.2 Å². The molecule has 0 aliphatic carbocycles. The zero-order valence-corrected chi connectivity index (χ0v) is 21.0. The summed E-state index contributed by atoms with van der Waals surface area (Å²) in [7, 11) is -3.58. The summed E-state index contributed by atoms with van der Waals surface area (Å²) in [5, 5.41) is 0. The maximum atomic E-state index is 13.1. The first-order chi connectivity index (χ1) is 16.2. The zero-order valence-electron chi connectivity index (χ0n) is 20.2. The van der Waals surface area contributed by atoms with Crippen molar-refractivity contribution in [2.75, 3.05) is 19.7 Å². The molecule has 0 radical (unpaired) electrons. The molecule has 0 amide bonds. The first-order valence-corrected chi connectivity index (χ1v) is 13.0. The van der Waals surface area contributed by atoms with Crippen molar-refractivity contribution < 1.29 is 27.4 Å². The van der Waals surface area contributed by atoms with Crippen molar-refractivity contribution in [3.05, 3.63) is 59.7 Å². The molecule has 1 saturated heterocycles. The molecule has 1 aliphatic rings. The van der Waals surface area contributed by atoms with E-state index < -0.39 is 16.0 Å². The van der Waals surface area contributed by atoms with Gasteiger partial charge in [-0.3, -0.25) is 0 Å². The number of sulfonamides is 1. The minimum atomic E-state index is -3.58. The van der Waals surface area contributed by atoms with Gasteiger partial charge in [0.2, 0.25) is 10.0 Å². The number of carbonyl (C=O) groups is 1. The van der Waals surface area contributed by atoms with Crippen LogP contribution >= 0.6 is 0 Å². The van der Waals surface area contributed by atoms with Gasteiger partial charge in [-0.1, -0.05) is 11.6 Å². The normalized spacial score (nSPS) is 15.6. The number of benzene rings is 2. The maximum absolute atomic E-state index is 13.1. The molecule has 8 heteroatoms. The number of nitrogens with zero attached hydrogens (tertiary/aromatic N) is 1. The molecule has 0 atom stereocenters. The standard InChI is InChI=1S/C26H33NO6S/c1-5-31-26(28)13-7-21-18-20(4)6-12-25(21)33-23-14-16-27(17-15-23)34(29,30)24-10-8-22(9-11-24)32-19(2)3/h6-13,18-19,23H,5,14-17H2,1-4H3. The van der Waals surface area contributed by atoms with Gasteiger partial charge in [-0.05, 0) is 83.0 Å². The molecule has 3 rings (SSSR count). The second-order valence-corrected chi connectivity index (χ2v) is 10.4. The molecule has 0 unspecified atom stereocenters. The summed E-state index contributed by atoms with van der Waals surface area (Å²) in [5.41, 5.74) is 1.83. The van der Waals surface area contributed by atoms with E-state index >= 15 is 0 Å². The second-order valence-electron chi connectivity index (χ2n) is 8.49. The summed E-state index contributed by atoms with van der Waals surface area (Å²) in [6.45, 7) is 8.64. The van der Waals surface area contributed by atoms with Crippen molar-refractivity contribution >= 4 is 22.1 Å². The molecule has 0 saturated carbocycles. The Hall–Kier alpha value is -2.84. The Balaban J connectivity index is 1.63. The zero-order chi connectivity index (χ0) is 24.7. The lowest BCUT2D eigenvalue weighted by Gasteiger charge is -2.31. The number of aryl methyl sites for hydroxylation is 1. The van der Waals surface area contributed by atoms with Gasteiger partial charge >= 0.3 is 5.97 Å². The van der Waals surface area contributed by atoms with Crippen LogP contribution in [-0.2, 0) is 19.6 Å². The smallest absolute Gasteiger partial charge is 0.330 e. The molecule has 1 aliphatic heterocycles. The summed E-state index contributed by atoms with van der Waals surface area (Å²) < 4.78 is 44.4. The van der Waals surface area contributed by atoms with E-state index in [9.17, 15) is 13.2 Å². The van der Waals surface area contributed by atoms with E-state index in [0.29, 0.717) is 44.0 Å². The molecule has 7 nitrogen and oxygen atoms in total. The monoisotopic (exact) mass is 487 g/mol. The van der Waals surface area contributed by atoms with Crippen LogP contribution in [0, 0.1) is 6.92 Å². The molecule has 0 bridgehead atoms. The first-order valence-electron chi connectivity index (χ1n) is 11.6. The molecule has 2 aromatic carbocycles. The van der Waals surface area contributed by atoms with E-state index in [0.717, 1.165) is 11.1 Å². The molecule has 0 aromatic heterocycles. The Morgan fingerprint density at radius 2 is 1.79 bits per heavy atom. The van der Waals surface area contributed by atoms with Crippen molar-refractivity contribution in [2.45, 2.75) is 57.6 Å². The average Bonchev–Trinajstić information content (AvgIpc) is 2.80. The molecule has 1 fully saturated rings. The fourth-order valence-corrected chi connectivity index (χ4v) is 5.20. The van der Waals surface area contributed by atoms with Crippen LogP contribution in [0.2, 0.25) is 0 Å². The van der Waals surface area contributed by atoms with Crippen LogP contribution in [-0.4, -0.2) is 50.6 Å². The molecule has 1 heterocycles. The summed E-state index contributed by atoms with van der Waals surface area (Å²) in [5.74, 6) is 0.900. The molecule has 2 aromatic rings. The fraction of sp³-hybridized carbons (Fsp3) is 0.423. The molecular weight excluding hydrogens is 454 g/mol. The highest BCUT2D eigenvalue weighted by Gasteiger charge is 2.30. The largest absolute Gasteiger partial charge is 0.491 e. The second kappa shape index (κ2) is 11.5. The summed E-state index contributed by atoms with van der Waals surface area (Å²) in [6, 6.07) is 12.3. The van der Waals surface area contributed by atoms with Gasteiger partial charge in [0.15, 0.2) is 0 Å². The SMILES string of the molecule is CCOC(=O)C=Cc1cc(C)ccc1OC1CCN(S(=O)(=O)c2ccc(OC(C)C)cc2)CC1. The Morgan fingerprint density at radius 3 is 2.41 bits per heavy atom. The number of esters is 1. The lowest BCUT2D eigenvalue weighted by Crippen LogP contribution is -2.41. The van der Waals surface area contributed by atoms with Crippen LogP contribution < -0.4 is 9.47 Å². The number of carbonyl (C=O) groups excluding carboxylic acids is 1. The highest BCUT2D eigenvalue weighted by molar-refractivity contribution is 7.89. The number of hydrogen-bond donors (Lipinski definition) is 0. The highest BCUT2D eigenvalue weighted by Crippen LogP contribution is 2.28. The third-order valence-corrected chi connectivity index (χ3v) is 7.29. The predicted molar refractivity (Wildman–Crippen MR) is 131 cm³/mol.